The van der Waals surface area contributed by atoms with Crippen LogP contribution in [-0.2, 0) is 11.2 Å². The molecule has 0 amide bonds. The highest BCUT2D eigenvalue weighted by Crippen LogP contribution is 2.29. The van der Waals surface area contributed by atoms with Crippen molar-refractivity contribution in [1.29, 1.82) is 0 Å². The first-order chi connectivity index (χ1) is 14.7. The second kappa shape index (κ2) is 9.40. The van der Waals surface area contributed by atoms with Crippen LogP contribution in [-0.4, -0.2) is 17.7 Å². The minimum atomic E-state index is -1.15. The lowest BCUT2D eigenvalue weighted by molar-refractivity contribution is 0.0121. The molecule has 0 bridgehead atoms. The summed E-state index contributed by atoms with van der Waals surface area (Å²) in [5.41, 5.74) is 4.64. The molecule has 0 heterocycles. The SMILES string of the molecule is CCc1ccc(-c2ccc(C(CO)OC(=O)c3c(C)cc(C)cc3C)c(F)c2)cc1F. The molecular weight excluding hydrogens is 398 g/mol. The summed E-state index contributed by atoms with van der Waals surface area (Å²) in [5, 5.41) is 9.77. The van der Waals surface area contributed by atoms with E-state index in [2.05, 4.69) is 0 Å². The van der Waals surface area contributed by atoms with Crippen molar-refractivity contribution >= 4 is 5.97 Å². The fourth-order valence-electron chi connectivity index (χ4n) is 3.87. The molecule has 1 atom stereocenters. The van der Waals surface area contributed by atoms with Crippen LogP contribution in [0.4, 0.5) is 8.78 Å². The van der Waals surface area contributed by atoms with E-state index in [1.165, 1.54) is 18.2 Å². The Morgan fingerprint density at radius 1 is 0.935 bits per heavy atom. The van der Waals surface area contributed by atoms with Crippen LogP contribution in [0.3, 0.4) is 0 Å². The van der Waals surface area contributed by atoms with Gasteiger partial charge in [0.25, 0.3) is 0 Å². The number of carbonyl (C=O) groups excluding carboxylic acids is 1. The molecule has 3 rings (SSSR count). The second-order valence-electron chi connectivity index (χ2n) is 7.75. The van der Waals surface area contributed by atoms with Crippen molar-refractivity contribution in [3.05, 3.63) is 93.5 Å². The van der Waals surface area contributed by atoms with E-state index < -0.39 is 24.5 Å². The predicted molar refractivity (Wildman–Crippen MR) is 117 cm³/mol. The van der Waals surface area contributed by atoms with Crippen molar-refractivity contribution in [2.75, 3.05) is 6.61 Å². The van der Waals surface area contributed by atoms with Crippen molar-refractivity contribution in [2.45, 2.75) is 40.2 Å². The molecule has 1 N–H and O–H groups in total. The summed E-state index contributed by atoms with van der Waals surface area (Å²) in [5.74, 6) is -1.59. The zero-order valence-corrected chi connectivity index (χ0v) is 18.1. The van der Waals surface area contributed by atoms with Gasteiger partial charge in [0.15, 0.2) is 6.10 Å². The molecule has 0 aliphatic rings. The van der Waals surface area contributed by atoms with E-state index in [1.807, 2.05) is 39.8 Å². The monoisotopic (exact) mass is 424 g/mol. The van der Waals surface area contributed by atoms with Gasteiger partial charge in [0.2, 0.25) is 0 Å². The van der Waals surface area contributed by atoms with Gasteiger partial charge in [-0.15, -0.1) is 0 Å². The summed E-state index contributed by atoms with van der Waals surface area (Å²) >= 11 is 0. The van der Waals surface area contributed by atoms with Crippen LogP contribution in [0.1, 0.15) is 51.2 Å². The number of hydrogen-bond acceptors (Lipinski definition) is 3. The zero-order valence-electron chi connectivity index (χ0n) is 18.1. The van der Waals surface area contributed by atoms with Gasteiger partial charge in [0, 0.05) is 5.56 Å². The normalized spacial score (nSPS) is 12.0. The first-order valence-corrected chi connectivity index (χ1v) is 10.2. The van der Waals surface area contributed by atoms with E-state index in [4.69, 9.17) is 4.74 Å². The van der Waals surface area contributed by atoms with Crippen molar-refractivity contribution in [3.8, 4) is 11.1 Å². The first-order valence-electron chi connectivity index (χ1n) is 10.2. The average molecular weight is 424 g/mol. The van der Waals surface area contributed by atoms with E-state index in [-0.39, 0.29) is 11.4 Å². The topological polar surface area (TPSA) is 46.5 Å². The first kappa shape index (κ1) is 22.6. The molecule has 3 aromatic rings. The van der Waals surface area contributed by atoms with E-state index in [9.17, 15) is 18.7 Å². The highest BCUT2D eigenvalue weighted by atomic mass is 19.1. The fraction of sp³-hybridized carbons (Fsp3) is 0.269. The molecule has 3 aromatic carbocycles. The second-order valence-corrected chi connectivity index (χ2v) is 7.75. The van der Waals surface area contributed by atoms with E-state index in [0.717, 1.165) is 16.7 Å². The third-order valence-corrected chi connectivity index (χ3v) is 5.41. The van der Waals surface area contributed by atoms with Crippen LogP contribution >= 0.6 is 0 Å². The number of aliphatic hydroxyl groups excluding tert-OH is 1. The predicted octanol–water partition coefficient (Wildman–Crippen LogP) is 6.01. The Hall–Kier alpha value is -3.05. The van der Waals surface area contributed by atoms with Gasteiger partial charge in [-0.3, -0.25) is 0 Å². The maximum Gasteiger partial charge on any atom is 0.339 e. The van der Waals surface area contributed by atoms with Gasteiger partial charge in [-0.05, 0) is 67.1 Å². The Kier molecular flexibility index (Phi) is 6.86. The summed E-state index contributed by atoms with van der Waals surface area (Å²) in [4.78, 5) is 12.7. The molecular formula is C26H26F2O3. The number of rotatable bonds is 6. The lowest BCUT2D eigenvalue weighted by Gasteiger charge is -2.19. The molecule has 0 aliphatic heterocycles. The van der Waals surface area contributed by atoms with E-state index in [0.29, 0.717) is 28.7 Å². The summed E-state index contributed by atoms with van der Waals surface area (Å²) in [6.45, 7) is 6.85. The van der Waals surface area contributed by atoms with Gasteiger partial charge >= 0.3 is 5.97 Å². The van der Waals surface area contributed by atoms with Gasteiger partial charge in [0.05, 0.1) is 12.2 Å². The van der Waals surface area contributed by atoms with Gasteiger partial charge in [0.1, 0.15) is 11.6 Å². The summed E-state index contributed by atoms with van der Waals surface area (Å²) in [6.07, 6.45) is -0.580. The number of ether oxygens (including phenoxy) is 1. The molecule has 31 heavy (non-hydrogen) atoms. The van der Waals surface area contributed by atoms with Crippen molar-refractivity contribution in [3.63, 3.8) is 0 Å². The number of aryl methyl sites for hydroxylation is 4. The molecule has 3 nitrogen and oxygen atoms in total. The maximum absolute atomic E-state index is 14.9. The smallest absolute Gasteiger partial charge is 0.339 e. The third-order valence-electron chi connectivity index (χ3n) is 5.41. The lowest BCUT2D eigenvalue weighted by atomic mass is 9.98. The van der Waals surface area contributed by atoms with Gasteiger partial charge < -0.3 is 9.84 Å². The molecule has 0 fully saturated rings. The molecule has 0 radical (unpaired) electrons. The standard InChI is InChI=1S/C26H26F2O3/c1-5-18-6-7-19(12-22(18)27)20-8-9-21(23(28)13-20)24(14-29)31-26(30)25-16(3)10-15(2)11-17(25)4/h6-13,24,29H,5,14H2,1-4H3. The Balaban J connectivity index is 1.87. The van der Waals surface area contributed by atoms with E-state index >= 15 is 0 Å². The Morgan fingerprint density at radius 3 is 2.03 bits per heavy atom. The number of halogens is 2. The Labute approximate surface area is 181 Å². The van der Waals surface area contributed by atoms with Crippen LogP contribution in [0.25, 0.3) is 11.1 Å². The van der Waals surface area contributed by atoms with Crippen LogP contribution in [0.15, 0.2) is 48.5 Å². The molecule has 5 heteroatoms. The molecule has 0 spiro atoms. The molecule has 1 unspecified atom stereocenters. The molecule has 0 aromatic heterocycles. The number of esters is 1. The third kappa shape index (κ3) is 4.83. The molecule has 162 valence electrons. The Bertz CT molecular complexity index is 1100. The summed E-state index contributed by atoms with van der Waals surface area (Å²) < 4.78 is 34.5. The van der Waals surface area contributed by atoms with Gasteiger partial charge in [-0.25, -0.2) is 13.6 Å². The number of benzene rings is 3. The number of aliphatic hydroxyl groups is 1. The van der Waals surface area contributed by atoms with Crippen molar-refractivity contribution in [1.82, 2.24) is 0 Å². The van der Waals surface area contributed by atoms with Gasteiger partial charge in [-0.1, -0.05) is 48.9 Å². The van der Waals surface area contributed by atoms with Crippen LogP contribution in [0, 0.1) is 32.4 Å². The van der Waals surface area contributed by atoms with Crippen molar-refractivity contribution in [2.24, 2.45) is 0 Å². The fourth-order valence-corrected chi connectivity index (χ4v) is 3.87. The molecule has 0 saturated carbocycles. The summed E-state index contributed by atoms with van der Waals surface area (Å²) in [7, 11) is 0. The van der Waals surface area contributed by atoms with Crippen LogP contribution in [0.5, 0.6) is 0 Å². The average Bonchev–Trinajstić information content (AvgIpc) is 2.71. The van der Waals surface area contributed by atoms with Crippen molar-refractivity contribution < 1.29 is 23.4 Å². The highest BCUT2D eigenvalue weighted by Gasteiger charge is 2.23. The minimum Gasteiger partial charge on any atom is -0.451 e. The highest BCUT2D eigenvalue weighted by molar-refractivity contribution is 5.93. The number of hydrogen-bond donors (Lipinski definition) is 1. The quantitative estimate of drug-likeness (QED) is 0.493. The lowest BCUT2D eigenvalue weighted by Crippen LogP contribution is -2.18. The zero-order chi connectivity index (χ0) is 22.7. The van der Waals surface area contributed by atoms with Crippen LogP contribution < -0.4 is 0 Å². The Morgan fingerprint density at radius 2 is 1.52 bits per heavy atom. The largest absolute Gasteiger partial charge is 0.451 e. The van der Waals surface area contributed by atoms with Gasteiger partial charge in [-0.2, -0.15) is 0 Å². The minimum absolute atomic E-state index is 0.0627. The molecule has 0 aliphatic carbocycles. The number of carbonyl (C=O) groups is 1. The summed E-state index contributed by atoms with van der Waals surface area (Å²) in [6, 6.07) is 12.9. The maximum atomic E-state index is 14.9. The van der Waals surface area contributed by atoms with E-state index in [1.54, 1.807) is 18.2 Å². The van der Waals surface area contributed by atoms with Crippen LogP contribution in [0.2, 0.25) is 0 Å². The molecule has 0 saturated heterocycles.